The predicted molar refractivity (Wildman–Crippen MR) is 106 cm³/mol. The molecular weight excluding hydrogens is 404 g/mol. The SMILES string of the molecule is COc1cncc(C(=N)CN(N)c2c(F)ccc(NS(=O)(=O)CC3CC3)c2F)c1. The van der Waals surface area contributed by atoms with Crippen LogP contribution in [0.5, 0.6) is 5.75 Å². The van der Waals surface area contributed by atoms with Crippen molar-refractivity contribution in [2.75, 3.05) is 29.1 Å². The summed E-state index contributed by atoms with van der Waals surface area (Å²) in [5.41, 5.74) is -0.733. The molecule has 1 fully saturated rings. The minimum atomic E-state index is -3.76. The van der Waals surface area contributed by atoms with Crippen molar-refractivity contribution in [1.82, 2.24) is 4.98 Å². The molecule has 3 rings (SSSR count). The summed E-state index contributed by atoms with van der Waals surface area (Å²) in [6.45, 7) is -0.346. The lowest BCUT2D eigenvalue weighted by molar-refractivity contribution is 0.413. The summed E-state index contributed by atoms with van der Waals surface area (Å²) in [7, 11) is -2.31. The van der Waals surface area contributed by atoms with Crippen molar-refractivity contribution < 1.29 is 21.9 Å². The molecule has 0 saturated heterocycles. The van der Waals surface area contributed by atoms with E-state index in [4.69, 9.17) is 16.0 Å². The number of nitrogens with two attached hydrogens (primary N) is 1. The lowest BCUT2D eigenvalue weighted by atomic mass is 10.1. The summed E-state index contributed by atoms with van der Waals surface area (Å²) in [5, 5.41) is 8.84. The molecule has 0 unspecified atom stereocenters. The Balaban J connectivity index is 1.80. The molecule has 4 N–H and O–H groups in total. The van der Waals surface area contributed by atoms with Gasteiger partial charge in [0, 0.05) is 11.8 Å². The zero-order chi connectivity index (χ0) is 21.2. The van der Waals surface area contributed by atoms with Crippen LogP contribution in [0.25, 0.3) is 0 Å². The van der Waals surface area contributed by atoms with Crippen molar-refractivity contribution in [3.8, 4) is 5.75 Å². The molecule has 1 aromatic carbocycles. The van der Waals surface area contributed by atoms with Gasteiger partial charge in [0.25, 0.3) is 0 Å². The number of sulfonamides is 1. The third kappa shape index (κ3) is 5.18. The molecule has 0 aliphatic heterocycles. The highest BCUT2D eigenvalue weighted by molar-refractivity contribution is 7.92. The molecule has 0 amide bonds. The molecule has 2 aromatic rings. The standard InChI is InChI=1S/C18H21F2N5O3S/c1-28-13-6-12(7-23-8-13)15(21)9-25(22)18-14(19)4-5-16(17(18)20)24-29(26,27)10-11-2-3-11/h4-8,11,21,24H,2-3,9-10,22H2,1H3. The molecule has 1 heterocycles. The number of halogens is 2. The van der Waals surface area contributed by atoms with E-state index in [1.54, 1.807) is 0 Å². The highest BCUT2D eigenvalue weighted by Crippen LogP contribution is 2.32. The number of ether oxygens (including phenoxy) is 1. The number of pyridine rings is 1. The molecular formula is C18H21F2N5O3S. The van der Waals surface area contributed by atoms with Gasteiger partial charge in [-0.1, -0.05) is 0 Å². The van der Waals surface area contributed by atoms with Crippen LogP contribution in [0.2, 0.25) is 0 Å². The summed E-state index contributed by atoms with van der Waals surface area (Å²) < 4.78 is 60.5. The van der Waals surface area contributed by atoms with E-state index in [0.29, 0.717) is 16.3 Å². The fourth-order valence-electron chi connectivity index (χ4n) is 2.72. The molecule has 1 saturated carbocycles. The molecule has 0 atom stereocenters. The van der Waals surface area contributed by atoms with Crippen molar-refractivity contribution in [2.45, 2.75) is 12.8 Å². The topological polar surface area (TPSA) is 121 Å². The molecule has 1 aliphatic carbocycles. The maximum Gasteiger partial charge on any atom is 0.233 e. The van der Waals surface area contributed by atoms with Crippen LogP contribution in [0.1, 0.15) is 18.4 Å². The van der Waals surface area contributed by atoms with Gasteiger partial charge < -0.3 is 10.1 Å². The Labute approximate surface area is 167 Å². The third-order valence-electron chi connectivity index (χ3n) is 4.40. The van der Waals surface area contributed by atoms with E-state index in [1.165, 1.54) is 25.6 Å². The average molecular weight is 425 g/mol. The normalized spacial score (nSPS) is 13.8. The number of benzene rings is 1. The van der Waals surface area contributed by atoms with Crippen molar-refractivity contribution in [1.29, 1.82) is 5.41 Å². The van der Waals surface area contributed by atoms with E-state index in [9.17, 15) is 17.2 Å². The van der Waals surface area contributed by atoms with Gasteiger partial charge in [-0.3, -0.25) is 14.7 Å². The van der Waals surface area contributed by atoms with E-state index in [0.717, 1.165) is 25.0 Å². The van der Waals surface area contributed by atoms with Gasteiger partial charge >= 0.3 is 0 Å². The van der Waals surface area contributed by atoms with Gasteiger partial charge in [0.05, 0.1) is 37.0 Å². The largest absolute Gasteiger partial charge is 0.495 e. The fraction of sp³-hybridized carbons (Fsp3) is 0.333. The van der Waals surface area contributed by atoms with E-state index in [-0.39, 0.29) is 23.9 Å². The highest BCUT2D eigenvalue weighted by Gasteiger charge is 2.29. The Bertz CT molecular complexity index is 1030. The summed E-state index contributed by atoms with van der Waals surface area (Å²) in [5.74, 6) is 4.06. The number of nitrogens with one attached hydrogen (secondary N) is 2. The number of anilines is 2. The first kappa shape index (κ1) is 20.9. The number of rotatable bonds is 9. The first-order valence-electron chi connectivity index (χ1n) is 8.77. The molecule has 1 aliphatic rings. The van der Waals surface area contributed by atoms with Gasteiger partial charge in [0.1, 0.15) is 11.4 Å². The average Bonchev–Trinajstić information content (AvgIpc) is 3.47. The molecule has 29 heavy (non-hydrogen) atoms. The summed E-state index contributed by atoms with van der Waals surface area (Å²) in [4.78, 5) is 3.92. The second-order valence-electron chi connectivity index (χ2n) is 6.80. The Morgan fingerprint density at radius 1 is 1.38 bits per heavy atom. The minimum absolute atomic E-state index is 0.0579. The lowest BCUT2D eigenvalue weighted by Crippen LogP contribution is -2.37. The molecule has 8 nitrogen and oxygen atoms in total. The van der Waals surface area contributed by atoms with Crippen LogP contribution in [0.15, 0.2) is 30.6 Å². The number of methoxy groups -OCH3 is 1. The summed E-state index contributed by atoms with van der Waals surface area (Å²) >= 11 is 0. The van der Waals surface area contributed by atoms with E-state index in [2.05, 4.69) is 9.71 Å². The fourth-order valence-corrected chi connectivity index (χ4v) is 4.25. The van der Waals surface area contributed by atoms with Gasteiger partial charge in [0.15, 0.2) is 11.6 Å². The molecule has 0 radical (unpaired) electrons. The maximum atomic E-state index is 14.8. The van der Waals surface area contributed by atoms with Crippen molar-refractivity contribution in [2.24, 2.45) is 11.8 Å². The number of nitrogens with zero attached hydrogens (tertiary/aromatic N) is 2. The first-order chi connectivity index (χ1) is 13.7. The Morgan fingerprint density at radius 3 is 2.76 bits per heavy atom. The number of hydrazine groups is 1. The number of hydrogen-bond donors (Lipinski definition) is 3. The second kappa shape index (κ2) is 8.29. The summed E-state index contributed by atoms with van der Waals surface area (Å²) in [6.07, 6.45) is 4.48. The zero-order valence-electron chi connectivity index (χ0n) is 15.7. The van der Waals surface area contributed by atoms with Crippen LogP contribution >= 0.6 is 0 Å². The van der Waals surface area contributed by atoms with E-state index < -0.39 is 33.0 Å². The van der Waals surface area contributed by atoms with Crippen LogP contribution in [0.3, 0.4) is 0 Å². The van der Waals surface area contributed by atoms with Crippen molar-refractivity contribution >= 4 is 27.1 Å². The maximum absolute atomic E-state index is 14.8. The molecule has 0 spiro atoms. The van der Waals surface area contributed by atoms with Crippen LogP contribution in [0.4, 0.5) is 20.2 Å². The van der Waals surface area contributed by atoms with Gasteiger partial charge in [0.2, 0.25) is 10.0 Å². The highest BCUT2D eigenvalue weighted by atomic mass is 32.2. The smallest absolute Gasteiger partial charge is 0.233 e. The van der Waals surface area contributed by atoms with Gasteiger partial charge in [-0.15, -0.1) is 0 Å². The molecule has 11 heteroatoms. The Morgan fingerprint density at radius 2 is 2.10 bits per heavy atom. The first-order valence-corrected chi connectivity index (χ1v) is 10.4. The van der Waals surface area contributed by atoms with Crippen molar-refractivity contribution in [3.63, 3.8) is 0 Å². The van der Waals surface area contributed by atoms with Gasteiger partial charge in [-0.2, -0.15) is 0 Å². The molecule has 0 bridgehead atoms. The Hall–Kier alpha value is -2.79. The summed E-state index contributed by atoms with van der Waals surface area (Å²) in [6, 6.07) is 3.46. The molecule has 156 valence electrons. The Kier molecular flexibility index (Phi) is 5.99. The lowest BCUT2D eigenvalue weighted by Gasteiger charge is -2.22. The van der Waals surface area contributed by atoms with Crippen molar-refractivity contribution in [3.05, 3.63) is 47.8 Å². The quantitative estimate of drug-likeness (QED) is 0.322. The molecule has 1 aromatic heterocycles. The van der Waals surface area contributed by atoms with Gasteiger partial charge in [-0.25, -0.2) is 23.0 Å². The van der Waals surface area contributed by atoms with E-state index >= 15 is 0 Å². The number of hydrogen-bond acceptors (Lipinski definition) is 7. The van der Waals surface area contributed by atoms with Crippen LogP contribution < -0.4 is 20.3 Å². The van der Waals surface area contributed by atoms with Gasteiger partial charge in [-0.05, 0) is 37.0 Å². The number of aromatic nitrogens is 1. The monoisotopic (exact) mass is 425 g/mol. The second-order valence-corrected chi connectivity index (χ2v) is 8.57. The third-order valence-corrected chi connectivity index (χ3v) is 5.84. The zero-order valence-corrected chi connectivity index (χ0v) is 16.5. The van der Waals surface area contributed by atoms with E-state index in [1.807, 2.05) is 0 Å². The predicted octanol–water partition coefficient (Wildman–Crippen LogP) is 2.27. The van der Waals surface area contributed by atoms with Crippen LogP contribution in [0, 0.1) is 23.0 Å². The van der Waals surface area contributed by atoms with Crippen LogP contribution in [-0.4, -0.2) is 38.5 Å². The van der Waals surface area contributed by atoms with Crippen LogP contribution in [-0.2, 0) is 10.0 Å². The minimum Gasteiger partial charge on any atom is -0.495 e.